The number of hydrogen-bond donors (Lipinski definition) is 2. The number of nitrogens with two attached hydrogens (primary N) is 1. The van der Waals surface area contributed by atoms with E-state index in [9.17, 15) is 20.0 Å². The van der Waals surface area contributed by atoms with E-state index in [1.807, 2.05) is 41.1 Å². The molecule has 0 fully saturated rings. The van der Waals surface area contributed by atoms with E-state index >= 15 is 0 Å². The van der Waals surface area contributed by atoms with Crippen molar-refractivity contribution in [3.8, 4) is 12.1 Å². The first-order valence-electron chi connectivity index (χ1n) is 9.88. The van der Waals surface area contributed by atoms with Crippen LogP contribution >= 0.6 is 0 Å². The number of aromatic nitrogens is 3. The molecule has 0 saturated carbocycles. The molecular formula is C24H19FN6O. The Bertz CT molecular complexity index is 1420. The van der Waals surface area contributed by atoms with Crippen LogP contribution in [-0.4, -0.2) is 26.1 Å². The molecule has 0 aliphatic heterocycles. The second-order valence-corrected chi connectivity index (χ2v) is 7.16. The Morgan fingerprint density at radius 1 is 1.16 bits per heavy atom. The number of allylic oxidation sites excluding steroid dienone is 1. The van der Waals surface area contributed by atoms with Gasteiger partial charge in [-0.3, -0.25) is 0 Å². The SMILES string of the molecule is N#C/C(=C\c1cn(Cc2ccccc2F)c2ccccc12)c1nn(CCO)c(N)c1C#N. The topological polar surface area (TPSA) is 117 Å². The van der Waals surface area contributed by atoms with Crippen molar-refractivity contribution in [3.05, 3.63) is 82.9 Å². The fraction of sp³-hybridized carbons (Fsp3) is 0.125. The van der Waals surface area contributed by atoms with Crippen LogP contribution in [0.5, 0.6) is 0 Å². The standard InChI is InChI=1S/C24H19FN6O/c25-21-7-3-1-5-16(21)14-30-15-18(19-6-2-4-8-22(19)30)11-17(12-26)23-20(13-27)24(28)31(29-23)9-10-32/h1-8,11,15,32H,9-10,14,28H2/b17-11+. The summed E-state index contributed by atoms with van der Waals surface area (Å²) in [6.07, 6.45) is 3.49. The fourth-order valence-electron chi connectivity index (χ4n) is 3.68. The molecule has 2 heterocycles. The summed E-state index contributed by atoms with van der Waals surface area (Å²) in [4.78, 5) is 0. The van der Waals surface area contributed by atoms with E-state index in [0.717, 1.165) is 16.5 Å². The molecule has 3 N–H and O–H groups in total. The van der Waals surface area contributed by atoms with Crippen molar-refractivity contribution in [1.82, 2.24) is 14.3 Å². The van der Waals surface area contributed by atoms with E-state index in [0.29, 0.717) is 12.1 Å². The molecule has 4 aromatic rings. The second kappa shape index (κ2) is 8.76. The van der Waals surface area contributed by atoms with E-state index in [1.54, 1.807) is 24.3 Å². The third-order valence-corrected chi connectivity index (χ3v) is 5.21. The molecule has 2 aromatic carbocycles. The van der Waals surface area contributed by atoms with Crippen molar-refractivity contribution in [2.75, 3.05) is 12.3 Å². The molecule has 0 aliphatic carbocycles. The van der Waals surface area contributed by atoms with E-state index in [1.165, 1.54) is 10.7 Å². The number of nitriles is 2. The van der Waals surface area contributed by atoms with Crippen molar-refractivity contribution in [2.45, 2.75) is 13.1 Å². The Morgan fingerprint density at radius 2 is 1.91 bits per heavy atom. The molecule has 4 rings (SSSR count). The van der Waals surface area contributed by atoms with Crippen molar-refractivity contribution in [2.24, 2.45) is 0 Å². The molecule has 0 unspecified atom stereocenters. The van der Waals surface area contributed by atoms with Gasteiger partial charge in [0.05, 0.1) is 25.3 Å². The molecule has 0 spiro atoms. The predicted octanol–water partition coefficient (Wildman–Crippen LogP) is 3.54. The van der Waals surface area contributed by atoms with Crippen LogP contribution in [0.3, 0.4) is 0 Å². The van der Waals surface area contributed by atoms with E-state index in [-0.39, 0.29) is 41.6 Å². The maximum Gasteiger partial charge on any atom is 0.140 e. The molecule has 0 amide bonds. The van der Waals surface area contributed by atoms with Crippen LogP contribution in [0.15, 0.2) is 54.7 Å². The summed E-state index contributed by atoms with van der Waals surface area (Å²) in [7, 11) is 0. The first-order chi connectivity index (χ1) is 15.6. The molecule has 0 bridgehead atoms. The third kappa shape index (κ3) is 3.71. The van der Waals surface area contributed by atoms with Gasteiger partial charge in [0.2, 0.25) is 0 Å². The summed E-state index contributed by atoms with van der Waals surface area (Å²) in [5.41, 5.74) is 8.54. The second-order valence-electron chi connectivity index (χ2n) is 7.16. The first kappa shape index (κ1) is 20.9. The minimum atomic E-state index is -0.288. The molecule has 7 nitrogen and oxygen atoms in total. The average Bonchev–Trinajstić information content (AvgIpc) is 3.31. The molecule has 32 heavy (non-hydrogen) atoms. The number of fused-ring (bicyclic) bond motifs is 1. The van der Waals surface area contributed by atoms with Gasteiger partial charge in [-0.05, 0) is 18.2 Å². The van der Waals surface area contributed by atoms with Gasteiger partial charge in [-0.15, -0.1) is 0 Å². The van der Waals surface area contributed by atoms with Gasteiger partial charge in [0.1, 0.15) is 35.0 Å². The highest BCUT2D eigenvalue weighted by Crippen LogP contribution is 2.29. The number of nitrogen functional groups attached to an aromatic ring is 1. The maximum atomic E-state index is 14.2. The lowest BCUT2D eigenvalue weighted by Crippen LogP contribution is -2.07. The van der Waals surface area contributed by atoms with Gasteiger partial charge < -0.3 is 15.4 Å². The number of anilines is 1. The number of rotatable bonds is 6. The maximum absolute atomic E-state index is 14.2. The Morgan fingerprint density at radius 3 is 2.62 bits per heavy atom. The highest BCUT2D eigenvalue weighted by molar-refractivity contribution is 5.98. The van der Waals surface area contributed by atoms with Gasteiger partial charge in [0, 0.05) is 28.2 Å². The van der Waals surface area contributed by atoms with Gasteiger partial charge >= 0.3 is 0 Å². The van der Waals surface area contributed by atoms with Gasteiger partial charge in [-0.2, -0.15) is 15.6 Å². The minimum absolute atomic E-state index is 0.0846. The Hall–Kier alpha value is -4.40. The number of para-hydroxylation sites is 1. The Labute approximate surface area is 183 Å². The molecule has 158 valence electrons. The van der Waals surface area contributed by atoms with E-state index in [2.05, 4.69) is 11.2 Å². The Kier molecular flexibility index (Phi) is 5.71. The largest absolute Gasteiger partial charge is 0.394 e. The van der Waals surface area contributed by atoms with Crippen molar-refractivity contribution in [1.29, 1.82) is 10.5 Å². The van der Waals surface area contributed by atoms with E-state index < -0.39 is 0 Å². The summed E-state index contributed by atoms with van der Waals surface area (Å²) in [5.74, 6) is -0.191. The predicted molar refractivity (Wildman–Crippen MR) is 119 cm³/mol. The molecule has 0 radical (unpaired) electrons. The number of halogens is 1. The van der Waals surface area contributed by atoms with Gasteiger partial charge in [0.15, 0.2) is 0 Å². The van der Waals surface area contributed by atoms with E-state index in [4.69, 9.17) is 5.73 Å². The zero-order chi connectivity index (χ0) is 22.7. The van der Waals surface area contributed by atoms with Crippen LogP contribution in [0.1, 0.15) is 22.4 Å². The number of aliphatic hydroxyl groups is 1. The quantitative estimate of drug-likeness (QED) is 0.458. The number of nitrogens with zero attached hydrogens (tertiary/aromatic N) is 5. The molecule has 0 saturated heterocycles. The summed E-state index contributed by atoms with van der Waals surface area (Å²) in [6.45, 7) is 0.233. The van der Waals surface area contributed by atoms with Gasteiger partial charge in [0.25, 0.3) is 0 Å². The van der Waals surface area contributed by atoms with Gasteiger partial charge in [-0.1, -0.05) is 36.4 Å². The zero-order valence-corrected chi connectivity index (χ0v) is 17.0. The highest BCUT2D eigenvalue weighted by atomic mass is 19.1. The normalized spacial score (nSPS) is 11.4. The monoisotopic (exact) mass is 426 g/mol. The van der Waals surface area contributed by atoms with Crippen molar-refractivity contribution < 1.29 is 9.50 Å². The molecule has 2 aromatic heterocycles. The summed E-state index contributed by atoms with van der Waals surface area (Å²) in [6, 6.07) is 18.3. The molecular weight excluding hydrogens is 407 g/mol. The fourth-order valence-corrected chi connectivity index (χ4v) is 3.68. The lowest BCUT2D eigenvalue weighted by atomic mass is 10.1. The highest BCUT2D eigenvalue weighted by Gasteiger charge is 2.19. The average molecular weight is 426 g/mol. The number of benzene rings is 2. The van der Waals surface area contributed by atoms with Crippen LogP contribution in [0.25, 0.3) is 22.6 Å². The summed E-state index contributed by atoms with van der Waals surface area (Å²) < 4.78 is 17.4. The lowest BCUT2D eigenvalue weighted by Gasteiger charge is -2.06. The summed E-state index contributed by atoms with van der Waals surface area (Å²) in [5, 5.41) is 33.7. The summed E-state index contributed by atoms with van der Waals surface area (Å²) >= 11 is 0. The molecule has 8 heteroatoms. The Balaban J connectivity index is 1.84. The van der Waals surface area contributed by atoms with Crippen LogP contribution in [0.4, 0.5) is 10.2 Å². The first-order valence-corrected chi connectivity index (χ1v) is 9.88. The van der Waals surface area contributed by atoms with Crippen LogP contribution < -0.4 is 5.73 Å². The molecule has 0 aliphatic rings. The zero-order valence-electron chi connectivity index (χ0n) is 17.0. The lowest BCUT2D eigenvalue weighted by molar-refractivity contribution is 0.270. The van der Waals surface area contributed by atoms with Crippen LogP contribution in [-0.2, 0) is 13.1 Å². The smallest absolute Gasteiger partial charge is 0.140 e. The van der Waals surface area contributed by atoms with Crippen LogP contribution in [0, 0.1) is 28.5 Å². The molecule has 0 atom stereocenters. The van der Waals surface area contributed by atoms with Crippen LogP contribution in [0.2, 0.25) is 0 Å². The van der Waals surface area contributed by atoms with Crippen molar-refractivity contribution in [3.63, 3.8) is 0 Å². The van der Waals surface area contributed by atoms with Gasteiger partial charge in [-0.25, -0.2) is 9.07 Å². The number of aliphatic hydroxyl groups excluding tert-OH is 1. The number of hydrogen-bond acceptors (Lipinski definition) is 5. The third-order valence-electron chi connectivity index (χ3n) is 5.21. The minimum Gasteiger partial charge on any atom is -0.394 e. The van der Waals surface area contributed by atoms with Crippen molar-refractivity contribution >= 4 is 28.4 Å².